The van der Waals surface area contributed by atoms with Gasteiger partial charge in [-0.15, -0.1) is 0 Å². The summed E-state index contributed by atoms with van der Waals surface area (Å²) in [4.78, 5) is 23.7. The number of ether oxygens (including phenoxy) is 1. The summed E-state index contributed by atoms with van der Waals surface area (Å²) >= 11 is 6.23. The molecule has 0 bridgehead atoms. The second-order valence-corrected chi connectivity index (χ2v) is 5.95. The maximum Gasteiger partial charge on any atom is 0.339 e. The average Bonchev–Trinajstić information content (AvgIpc) is 2.54. The number of nitrogens with one attached hydrogen (secondary N) is 1. The lowest BCUT2D eigenvalue weighted by atomic mass is 10.1. The molecule has 24 heavy (non-hydrogen) atoms. The van der Waals surface area contributed by atoms with Crippen LogP contribution in [-0.4, -0.2) is 30.3 Å². The van der Waals surface area contributed by atoms with E-state index in [9.17, 15) is 9.59 Å². The monoisotopic (exact) mass is 353 g/mol. The molecule has 130 valence electrons. The van der Waals surface area contributed by atoms with Crippen molar-refractivity contribution < 1.29 is 19.1 Å². The molecule has 1 atom stereocenters. The van der Waals surface area contributed by atoms with Gasteiger partial charge in [-0.1, -0.05) is 11.6 Å². The number of halogens is 1. The first kappa shape index (κ1) is 18.3. The summed E-state index contributed by atoms with van der Waals surface area (Å²) in [7, 11) is 0. The molecule has 2 aromatic rings. The van der Waals surface area contributed by atoms with Crippen molar-refractivity contribution in [2.24, 2.45) is 0 Å². The molecule has 0 radical (unpaired) electrons. The fraction of sp³-hybridized carbons (Fsp3) is 0.412. The van der Waals surface area contributed by atoms with Crippen molar-refractivity contribution in [3.63, 3.8) is 0 Å². The van der Waals surface area contributed by atoms with Crippen LogP contribution in [0.4, 0.5) is 0 Å². The van der Waals surface area contributed by atoms with Crippen LogP contribution in [0.2, 0.25) is 5.02 Å². The number of aliphatic hydroxyl groups is 1. The molecule has 1 heterocycles. The largest absolute Gasteiger partial charge is 0.479 e. The first-order chi connectivity index (χ1) is 11.3. The molecule has 6 nitrogen and oxygen atoms in total. The number of rotatable bonds is 6. The van der Waals surface area contributed by atoms with E-state index >= 15 is 0 Å². The Morgan fingerprint density at radius 2 is 2.08 bits per heavy atom. The minimum atomic E-state index is -0.781. The van der Waals surface area contributed by atoms with E-state index in [2.05, 4.69) is 5.32 Å². The van der Waals surface area contributed by atoms with Crippen LogP contribution < -0.4 is 15.7 Å². The fourth-order valence-electron chi connectivity index (χ4n) is 2.21. The Morgan fingerprint density at radius 1 is 1.38 bits per heavy atom. The molecule has 0 aliphatic carbocycles. The number of carbonyl (C=O) groups excluding carboxylic acids is 1. The van der Waals surface area contributed by atoms with Gasteiger partial charge in [0.1, 0.15) is 11.3 Å². The van der Waals surface area contributed by atoms with E-state index in [0.29, 0.717) is 29.1 Å². The Morgan fingerprint density at radius 3 is 2.75 bits per heavy atom. The van der Waals surface area contributed by atoms with Crippen molar-refractivity contribution in [3.8, 4) is 5.75 Å². The topological polar surface area (TPSA) is 88.8 Å². The van der Waals surface area contributed by atoms with E-state index in [-0.39, 0.29) is 18.3 Å². The highest BCUT2D eigenvalue weighted by atomic mass is 35.5. The average molecular weight is 354 g/mol. The summed E-state index contributed by atoms with van der Waals surface area (Å²) in [6.07, 6.45) is -0.309. The van der Waals surface area contributed by atoms with E-state index in [1.165, 1.54) is 6.07 Å². The Bertz CT molecular complexity index is 815. The number of aliphatic hydroxyl groups excluding tert-OH is 1. The molecule has 1 aromatic carbocycles. The zero-order chi connectivity index (χ0) is 17.9. The van der Waals surface area contributed by atoms with Gasteiger partial charge in [-0.2, -0.15) is 0 Å². The molecule has 0 spiro atoms. The summed E-state index contributed by atoms with van der Waals surface area (Å²) in [6, 6.07) is 3.18. The van der Waals surface area contributed by atoms with Gasteiger partial charge in [0, 0.05) is 30.2 Å². The van der Waals surface area contributed by atoms with Crippen molar-refractivity contribution in [3.05, 3.63) is 38.7 Å². The maximum absolute atomic E-state index is 11.9. The standard InChI is InChI=1S/C17H20ClNO5/c1-9-10(2)17(22)24-14-8-15(13(18)7-12(9)14)23-11(3)16(21)19-5-4-6-20/h7-8,11,20H,4-6H2,1-3H3,(H,19,21). The predicted octanol–water partition coefficient (Wildman–Crippen LogP) is 2.33. The van der Waals surface area contributed by atoms with E-state index in [1.807, 2.05) is 6.92 Å². The Balaban J connectivity index is 2.26. The fourth-order valence-corrected chi connectivity index (χ4v) is 2.42. The SMILES string of the molecule is Cc1c(C)c2cc(Cl)c(OC(C)C(=O)NCCCO)cc2oc1=O. The van der Waals surface area contributed by atoms with E-state index < -0.39 is 11.7 Å². The van der Waals surface area contributed by atoms with E-state index in [1.54, 1.807) is 19.9 Å². The molecule has 1 amide bonds. The number of hydrogen-bond acceptors (Lipinski definition) is 5. The molecule has 2 N–H and O–H groups in total. The molecule has 7 heteroatoms. The number of aryl methyl sites for hydroxylation is 1. The van der Waals surface area contributed by atoms with E-state index in [4.69, 9.17) is 25.9 Å². The van der Waals surface area contributed by atoms with Gasteiger partial charge in [-0.05, 0) is 38.8 Å². The molecular weight excluding hydrogens is 334 g/mol. The summed E-state index contributed by atoms with van der Waals surface area (Å²) in [5, 5.41) is 12.4. The van der Waals surface area contributed by atoms with Crippen LogP contribution >= 0.6 is 11.6 Å². The third kappa shape index (κ3) is 3.88. The number of hydrogen-bond donors (Lipinski definition) is 2. The first-order valence-corrected chi connectivity index (χ1v) is 8.01. The van der Waals surface area contributed by atoms with Gasteiger partial charge in [0.2, 0.25) is 0 Å². The van der Waals surface area contributed by atoms with Crippen LogP contribution in [-0.2, 0) is 4.79 Å². The van der Waals surface area contributed by atoms with Crippen molar-refractivity contribution in [2.75, 3.05) is 13.2 Å². The van der Waals surface area contributed by atoms with Gasteiger partial charge in [-0.25, -0.2) is 4.79 Å². The van der Waals surface area contributed by atoms with Crippen molar-refractivity contribution >= 4 is 28.5 Å². The molecule has 0 aliphatic heterocycles. The van der Waals surface area contributed by atoms with Gasteiger partial charge in [0.15, 0.2) is 6.10 Å². The first-order valence-electron chi connectivity index (χ1n) is 7.64. The highest BCUT2D eigenvalue weighted by Crippen LogP contribution is 2.32. The smallest absolute Gasteiger partial charge is 0.339 e. The van der Waals surface area contributed by atoms with Crippen LogP contribution in [0.1, 0.15) is 24.5 Å². The van der Waals surface area contributed by atoms with Gasteiger partial charge in [0.25, 0.3) is 5.91 Å². The normalized spacial score (nSPS) is 12.2. The highest BCUT2D eigenvalue weighted by Gasteiger charge is 2.18. The minimum absolute atomic E-state index is 0.00379. The van der Waals surface area contributed by atoms with Crippen LogP contribution in [0.25, 0.3) is 11.0 Å². The van der Waals surface area contributed by atoms with E-state index in [0.717, 1.165) is 10.9 Å². The number of carbonyl (C=O) groups is 1. The second-order valence-electron chi connectivity index (χ2n) is 5.55. The van der Waals surface area contributed by atoms with Crippen molar-refractivity contribution in [1.29, 1.82) is 0 Å². The second kappa shape index (κ2) is 7.68. The van der Waals surface area contributed by atoms with Gasteiger partial charge in [0.05, 0.1) is 5.02 Å². The Labute approximate surface area is 144 Å². The Kier molecular flexibility index (Phi) is 5.85. The van der Waals surface area contributed by atoms with Gasteiger partial charge >= 0.3 is 5.63 Å². The quantitative estimate of drug-likeness (QED) is 0.614. The molecule has 1 aromatic heterocycles. The molecule has 0 aliphatic rings. The van der Waals surface area contributed by atoms with Gasteiger partial charge in [-0.3, -0.25) is 4.79 Å². The van der Waals surface area contributed by atoms with Crippen LogP contribution in [0.5, 0.6) is 5.75 Å². The molecule has 0 saturated carbocycles. The molecule has 0 fully saturated rings. The lowest BCUT2D eigenvalue weighted by molar-refractivity contribution is -0.127. The molecule has 0 saturated heterocycles. The highest BCUT2D eigenvalue weighted by molar-refractivity contribution is 6.32. The summed E-state index contributed by atoms with van der Waals surface area (Å²) < 4.78 is 10.9. The van der Waals surface area contributed by atoms with Crippen LogP contribution in [0.3, 0.4) is 0 Å². The zero-order valence-electron chi connectivity index (χ0n) is 13.8. The molecule has 1 unspecified atom stereocenters. The van der Waals surface area contributed by atoms with Crippen molar-refractivity contribution in [2.45, 2.75) is 33.3 Å². The minimum Gasteiger partial charge on any atom is -0.479 e. The lowest BCUT2D eigenvalue weighted by Crippen LogP contribution is -2.37. The number of fused-ring (bicyclic) bond motifs is 1. The summed E-state index contributed by atoms with van der Waals surface area (Å²) in [5.74, 6) is -0.0541. The van der Waals surface area contributed by atoms with Crippen LogP contribution in [0, 0.1) is 13.8 Å². The third-order valence-corrected chi connectivity index (χ3v) is 4.11. The maximum atomic E-state index is 11.9. The summed E-state index contributed by atoms with van der Waals surface area (Å²) in [6.45, 7) is 5.47. The lowest BCUT2D eigenvalue weighted by Gasteiger charge is -2.16. The summed E-state index contributed by atoms with van der Waals surface area (Å²) in [5.41, 5.74) is 1.27. The predicted molar refractivity (Wildman–Crippen MR) is 91.8 cm³/mol. The molecular formula is C17H20ClNO5. The zero-order valence-corrected chi connectivity index (χ0v) is 14.6. The number of benzene rings is 1. The molecule has 2 rings (SSSR count). The number of amides is 1. The van der Waals surface area contributed by atoms with Crippen LogP contribution in [0.15, 0.2) is 21.3 Å². The Hall–Kier alpha value is -2.05. The van der Waals surface area contributed by atoms with Crippen molar-refractivity contribution in [1.82, 2.24) is 5.32 Å². The van der Waals surface area contributed by atoms with Gasteiger partial charge < -0.3 is 19.6 Å². The third-order valence-electron chi connectivity index (χ3n) is 3.82.